The Kier molecular flexibility index (Phi) is 5.06. The van der Waals surface area contributed by atoms with Crippen LogP contribution in [0.5, 0.6) is 11.5 Å². The molecule has 0 saturated heterocycles. The van der Waals surface area contributed by atoms with Crippen molar-refractivity contribution in [3.8, 4) is 11.5 Å². The molecule has 0 radical (unpaired) electrons. The van der Waals surface area contributed by atoms with E-state index in [0.29, 0.717) is 27.6 Å². The number of esters is 1. The zero-order valence-corrected chi connectivity index (χ0v) is 12.5. The molecular weight excluding hydrogens is 292 g/mol. The van der Waals surface area contributed by atoms with Gasteiger partial charge in [-0.15, -0.1) is 0 Å². The first-order valence-corrected chi connectivity index (χ1v) is 6.66. The molecule has 0 spiro atoms. The van der Waals surface area contributed by atoms with Crippen molar-refractivity contribution in [1.29, 1.82) is 0 Å². The van der Waals surface area contributed by atoms with Crippen LogP contribution in [-0.2, 0) is 11.3 Å². The quantitative estimate of drug-likeness (QED) is 0.790. The highest BCUT2D eigenvalue weighted by Crippen LogP contribution is 2.29. The Morgan fingerprint density at radius 3 is 2.24 bits per heavy atom. The largest absolute Gasteiger partial charge is 0.496 e. The number of carbonyl (C=O) groups excluding carboxylic acids is 1. The van der Waals surface area contributed by atoms with Crippen LogP contribution in [0, 0.1) is 0 Å². The first-order valence-electron chi connectivity index (χ1n) is 6.28. The maximum absolute atomic E-state index is 12.0. The topological polar surface area (TPSA) is 44.8 Å². The summed E-state index contributed by atoms with van der Waals surface area (Å²) >= 11 is 5.85. The van der Waals surface area contributed by atoms with Crippen LogP contribution in [0.3, 0.4) is 0 Å². The average Bonchev–Trinajstić information content (AvgIpc) is 2.52. The van der Waals surface area contributed by atoms with E-state index in [2.05, 4.69) is 0 Å². The molecule has 0 heterocycles. The number of hydrogen-bond donors (Lipinski definition) is 0. The Balaban J connectivity index is 2.14. The van der Waals surface area contributed by atoms with Crippen molar-refractivity contribution in [2.45, 2.75) is 6.61 Å². The van der Waals surface area contributed by atoms with E-state index in [4.69, 9.17) is 25.8 Å². The first kappa shape index (κ1) is 15.2. The standard InChI is InChI=1S/C16H15ClO4/c1-19-14-7-4-8-15(20-2)13(14)10-21-16(18)11-5-3-6-12(17)9-11/h3-9H,10H2,1-2H3. The van der Waals surface area contributed by atoms with Crippen LogP contribution >= 0.6 is 11.6 Å². The highest BCUT2D eigenvalue weighted by atomic mass is 35.5. The minimum atomic E-state index is -0.453. The van der Waals surface area contributed by atoms with Gasteiger partial charge in [0.25, 0.3) is 0 Å². The number of benzene rings is 2. The van der Waals surface area contributed by atoms with Gasteiger partial charge in [0.05, 0.1) is 25.3 Å². The summed E-state index contributed by atoms with van der Waals surface area (Å²) in [5.74, 6) is 0.756. The van der Waals surface area contributed by atoms with Crippen molar-refractivity contribution in [2.75, 3.05) is 14.2 Å². The van der Waals surface area contributed by atoms with Gasteiger partial charge in [0.2, 0.25) is 0 Å². The van der Waals surface area contributed by atoms with Crippen molar-refractivity contribution in [2.24, 2.45) is 0 Å². The van der Waals surface area contributed by atoms with Crippen molar-refractivity contribution in [1.82, 2.24) is 0 Å². The zero-order chi connectivity index (χ0) is 15.2. The van der Waals surface area contributed by atoms with Crippen molar-refractivity contribution in [3.05, 3.63) is 58.6 Å². The molecule has 5 heteroatoms. The molecule has 0 bridgehead atoms. The third-order valence-electron chi connectivity index (χ3n) is 2.94. The van der Waals surface area contributed by atoms with Gasteiger partial charge < -0.3 is 14.2 Å². The number of carbonyl (C=O) groups is 1. The van der Waals surface area contributed by atoms with E-state index in [1.54, 1.807) is 56.7 Å². The second kappa shape index (κ2) is 6.99. The summed E-state index contributed by atoms with van der Waals surface area (Å²) in [6.45, 7) is 0.0541. The van der Waals surface area contributed by atoms with Crippen LogP contribution in [0.1, 0.15) is 15.9 Å². The van der Waals surface area contributed by atoms with Crippen LogP contribution < -0.4 is 9.47 Å². The van der Waals surface area contributed by atoms with Gasteiger partial charge in [0.15, 0.2) is 0 Å². The van der Waals surface area contributed by atoms with Gasteiger partial charge >= 0.3 is 5.97 Å². The molecule has 0 saturated carbocycles. The third-order valence-corrected chi connectivity index (χ3v) is 3.17. The Hall–Kier alpha value is -2.20. The Bertz CT molecular complexity index is 618. The second-order valence-electron chi connectivity index (χ2n) is 4.23. The third kappa shape index (κ3) is 3.67. The van der Waals surface area contributed by atoms with Crippen molar-refractivity contribution in [3.63, 3.8) is 0 Å². The molecule has 0 aromatic heterocycles. The fourth-order valence-electron chi connectivity index (χ4n) is 1.91. The molecule has 4 nitrogen and oxygen atoms in total. The minimum absolute atomic E-state index is 0.0541. The lowest BCUT2D eigenvalue weighted by atomic mass is 10.2. The SMILES string of the molecule is COc1cccc(OC)c1COC(=O)c1cccc(Cl)c1. The lowest BCUT2D eigenvalue weighted by Crippen LogP contribution is -2.07. The lowest BCUT2D eigenvalue weighted by molar-refractivity contribution is 0.0467. The first-order chi connectivity index (χ1) is 10.2. The van der Waals surface area contributed by atoms with E-state index in [0.717, 1.165) is 0 Å². The fourth-order valence-corrected chi connectivity index (χ4v) is 2.10. The van der Waals surface area contributed by atoms with E-state index >= 15 is 0 Å². The smallest absolute Gasteiger partial charge is 0.338 e. The van der Waals surface area contributed by atoms with Gasteiger partial charge in [0, 0.05) is 5.02 Å². The van der Waals surface area contributed by atoms with Crippen LogP contribution in [0.4, 0.5) is 0 Å². The molecule has 0 fully saturated rings. The molecule has 0 aliphatic rings. The molecule has 21 heavy (non-hydrogen) atoms. The number of hydrogen-bond acceptors (Lipinski definition) is 4. The van der Waals surface area contributed by atoms with Gasteiger partial charge in [-0.05, 0) is 30.3 Å². The Labute approximate surface area is 128 Å². The summed E-state index contributed by atoms with van der Waals surface area (Å²) in [6, 6.07) is 12.0. The molecule has 0 aliphatic carbocycles. The molecule has 0 aliphatic heterocycles. The van der Waals surface area contributed by atoms with Crippen LogP contribution in [0.25, 0.3) is 0 Å². The highest BCUT2D eigenvalue weighted by molar-refractivity contribution is 6.30. The monoisotopic (exact) mass is 306 g/mol. The van der Waals surface area contributed by atoms with Gasteiger partial charge in [-0.1, -0.05) is 23.7 Å². The lowest BCUT2D eigenvalue weighted by Gasteiger charge is -2.13. The Morgan fingerprint density at radius 2 is 1.67 bits per heavy atom. The summed E-state index contributed by atoms with van der Waals surface area (Å²) < 4.78 is 15.8. The fraction of sp³-hybridized carbons (Fsp3) is 0.188. The normalized spacial score (nSPS) is 10.0. The zero-order valence-electron chi connectivity index (χ0n) is 11.8. The highest BCUT2D eigenvalue weighted by Gasteiger charge is 2.13. The molecular formula is C16H15ClO4. The predicted molar refractivity (Wildman–Crippen MR) is 80.1 cm³/mol. The van der Waals surface area contributed by atoms with Gasteiger partial charge in [-0.2, -0.15) is 0 Å². The number of halogens is 1. The number of methoxy groups -OCH3 is 2. The number of ether oxygens (including phenoxy) is 3. The van der Waals surface area contributed by atoms with E-state index in [1.165, 1.54) is 0 Å². The molecule has 0 N–H and O–H groups in total. The summed E-state index contributed by atoms with van der Waals surface area (Å²) in [4.78, 5) is 12.0. The average molecular weight is 307 g/mol. The molecule has 110 valence electrons. The summed E-state index contributed by atoms with van der Waals surface area (Å²) in [7, 11) is 3.11. The number of rotatable bonds is 5. The maximum Gasteiger partial charge on any atom is 0.338 e. The molecule has 0 amide bonds. The molecule has 0 atom stereocenters. The summed E-state index contributed by atoms with van der Waals surface area (Å²) in [5.41, 5.74) is 1.08. The minimum Gasteiger partial charge on any atom is -0.496 e. The van der Waals surface area contributed by atoms with E-state index in [1.807, 2.05) is 0 Å². The van der Waals surface area contributed by atoms with Crippen molar-refractivity contribution < 1.29 is 19.0 Å². The Morgan fingerprint density at radius 1 is 1.05 bits per heavy atom. The van der Waals surface area contributed by atoms with Gasteiger partial charge in [0.1, 0.15) is 18.1 Å². The van der Waals surface area contributed by atoms with E-state index in [9.17, 15) is 4.79 Å². The van der Waals surface area contributed by atoms with E-state index < -0.39 is 5.97 Å². The molecule has 0 unspecified atom stereocenters. The predicted octanol–water partition coefficient (Wildman–Crippen LogP) is 3.71. The van der Waals surface area contributed by atoms with Gasteiger partial charge in [-0.3, -0.25) is 0 Å². The summed E-state index contributed by atoms with van der Waals surface area (Å²) in [6.07, 6.45) is 0. The van der Waals surface area contributed by atoms with Gasteiger partial charge in [-0.25, -0.2) is 4.79 Å². The van der Waals surface area contributed by atoms with Crippen LogP contribution in [-0.4, -0.2) is 20.2 Å². The van der Waals surface area contributed by atoms with Crippen molar-refractivity contribution >= 4 is 17.6 Å². The molecule has 2 rings (SSSR count). The molecule has 2 aromatic rings. The maximum atomic E-state index is 12.0. The summed E-state index contributed by atoms with van der Waals surface area (Å²) in [5, 5.41) is 0.485. The van der Waals surface area contributed by atoms with E-state index in [-0.39, 0.29) is 6.61 Å². The van der Waals surface area contributed by atoms with Crippen LogP contribution in [0.15, 0.2) is 42.5 Å². The second-order valence-corrected chi connectivity index (χ2v) is 4.66. The molecule has 2 aromatic carbocycles. The van der Waals surface area contributed by atoms with Crippen LogP contribution in [0.2, 0.25) is 5.02 Å².